The van der Waals surface area contributed by atoms with Gasteiger partial charge in [-0.15, -0.1) is 0 Å². The summed E-state index contributed by atoms with van der Waals surface area (Å²) in [5.41, 5.74) is 4.90. The Morgan fingerprint density at radius 3 is 2.08 bits per heavy atom. The van der Waals surface area contributed by atoms with Crippen LogP contribution in [0.3, 0.4) is 0 Å². The molecule has 4 rings (SSSR count). The van der Waals surface area contributed by atoms with Crippen molar-refractivity contribution in [3.8, 4) is 11.5 Å². The fraction of sp³-hybridized carbons (Fsp3) is 0.212. The molecule has 0 aliphatic rings. The van der Waals surface area contributed by atoms with Crippen LogP contribution in [0.4, 0.5) is 0 Å². The summed E-state index contributed by atoms with van der Waals surface area (Å²) in [6, 6.07) is 34.7. The van der Waals surface area contributed by atoms with Gasteiger partial charge in [0.25, 0.3) is 0 Å². The highest BCUT2D eigenvalue weighted by atomic mass is 16.5. The van der Waals surface area contributed by atoms with Gasteiger partial charge in [0.05, 0.1) is 32.5 Å². The molecule has 5 nitrogen and oxygen atoms in total. The first kappa shape index (κ1) is 27.1. The van der Waals surface area contributed by atoms with Crippen LogP contribution >= 0.6 is 0 Å². The van der Waals surface area contributed by atoms with Crippen molar-refractivity contribution < 1.29 is 24.4 Å². The first-order valence-corrected chi connectivity index (χ1v) is 12.8. The lowest BCUT2D eigenvalue weighted by molar-refractivity contribution is 0.0303. The van der Waals surface area contributed by atoms with Gasteiger partial charge in [0.2, 0.25) is 0 Å². The Hall–Kier alpha value is -3.90. The van der Waals surface area contributed by atoms with Gasteiger partial charge in [-0.3, -0.25) is 0 Å². The maximum atomic E-state index is 11.0. The number of hydrogen-bond donors (Lipinski definition) is 2. The Labute approximate surface area is 224 Å². The third-order valence-electron chi connectivity index (χ3n) is 6.01. The average molecular weight is 511 g/mol. The minimum atomic E-state index is -0.782. The fourth-order valence-electron chi connectivity index (χ4n) is 4.05. The number of aromatic hydroxyl groups is 1. The number of phenols is 1. The van der Waals surface area contributed by atoms with Gasteiger partial charge >= 0.3 is 0 Å². The maximum Gasteiger partial charge on any atom is 0.119 e. The molecule has 0 aliphatic carbocycles. The van der Waals surface area contributed by atoms with Gasteiger partial charge in [-0.25, -0.2) is 0 Å². The molecule has 196 valence electrons. The third kappa shape index (κ3) is 8.89. The number of rotatable bonds is 14. The van der Waals surface area contributed by atoms with Crippen molar-refractivity contribution in [3.05, 3.63) is 138 Å². The number of aliphatic hydroxyl groups is 1. The second kappa shape index (κ2) is 14.7. The molecule has 2 N–H and O–H groups in total. The van der Waals surface area contributed by atoms with E-state index < -0.39 is 6.10 Å². The molecule has 0 aromatic heterocycles. The maximum absolute atomic E-state index is 11.0. The molecular weight excluding hydrogens is 476 g/mol. The molecule has 38 heavy (non-hydrogen) atoms. The van der Waals surface area contributed by atoms with Crippen molar-refractivity contribution >= 4 is 5.57 Å². The summed E-state index contributed by atoms with van der Waals surface area (Å²) in [4.78, 5) is 0. The highest BCUT2D eigenvalue weighted by Gasteiger charge is 2.10. The molecule has 1 atom stereocenters. The van der Waals surface area contributed by atoms with Gasteiger partial charge in [0.1, 0.15) is 18.1 Å². The van der Waals surface area contributed by atoms with E-state index in [-0.39, 0.29) is 5.75 Å². The second-order valence-electron chi connectivity index (χ2n) is 8.92. The van der Waals surface area contributed by atoms with Crippen LogP contribution in [0.15, 0.2) is 115 Å². The lowest BCUT2D eigenvalue weighted by Gasteiger charge is -2.14. The van der Waals surface area contributed by atoms with Crippen LogP contribution in [0.25, 0.3) is 5.57 Å². The number of ether oxygens (including phenoxy) is 3. The highest BCUT2D eigenvalue weighted by Crippen LogP contribution is 2.27. The molecule has 0 amide bonds. The summed E-state index contributed by atoms with van der Waals surface area (Å²) in [5, 5.41) is 20.8. The van der Waals surface area contributed by atoms with Crippen molar-refractivity contribution in [1.29, 1.82) is 0 Å². The molecule has 5 heteroatoms. The molecule has 0 spiro atoms. The van der Waals surface area contributed by atoms with Crippen LogP contribution < -0.4 is 4.74 Å². The molecule has 4 aromatic rings. The lowest BCUT2D eigenvalue weighted by Crippen LogP contribution is -2.10. The van der Waals surface area contributed by atoms with E-state index in [4.69, 9.17) is 14.2 Å². The Balaban J connectivity index is 1.24. The SMILES string of the molecule is Oc1cccc(C/C(=C/C(O)c2ccc(OCCOCCOCc3ccccc3)cc2)c2ccccc2)c1. The molecular formula is C33H34O5. The predicted octanol–water partition coefficient (Wildman–Crippen LogP) is 6.36. The largest absolute Gasteiger partial charge is 0.508 e. The Bertz CT molecular complexity index is 1250. The summed E-state index contributed by atoms with van der Waals surface area (Å²) in [7, 11) is 0. The quantitative estimate of drug-likeness (QED) is 0.193. The third-order valence-corrected chi connectivity index (χ3v) is 6.01. The smallest absolute Gasteiger partial charge is 0.119 e. The molecule has 0 radical (unpaired) electrons. The average Bonchev–Trinajstić information content (AvgIpc) is 2.95. The summed E-state index contributed by atoms with van der Waals surface area (Å²) < 4.78 is 17.0. The molecule has 1 unspecified atom stereocenters. The number of phenolic OH excluding ortho intramolecular Hbond substituents is 1. The normalized spacial score (nSPS) is 12.3. The molecule has 0 aliphatic heterocycles. The van der Waals surface area contributed by atoms with Gasteiger partial charge in [-0.2, -0.15) is 0 Å². The zero-order valence-corrected chi connectivity index (χ0v) is 21.4. The monoisotopic (exact) mass is 510 g/mol. The number of hydrogen-bond acceptors (Lipinski definition) is 5. The number of allylic oxidation sites excluding steroid dienone is 1. The Morgan fingerprint density at radius 1 is 0.684 bits per heavy atom. The van der Waals surface area contributed by atoms with Gasteiger partial charge in [0, 0.05) is 0 Å². The number of aliphatic hydroxyl groups excluding tert-OH is 1. The van der Waals surface area contributed by atoms with Gasteiger partial charge in [-0.05, 0) is 64.6 Å². The van der Waals surface area contributed by atoms with E-state index in [1.54, 1.807) is 12.1 Å². The van der Waals surface area contributed by atoms with Crippen molar-refractivity contribution in [1.82, 2.24) is 0 Å². The first-order valence-electron chi connectivity index (χ1n) is 12.8. The van der Waals surface area contributed by atoms with Gasteiger partial charge < -0.3 is 24.4 Å². The first-order chi connectivity index (χ1) is 18.7. The molecule has 4 aromatic carbocycles. The van der Waals surface area contributed by atoms with E-state index >= 15 is 0 Å². The van der Waals surface area contributed by atoms with Crippen molar-refractivity contribution in [2.45, 2.75) is 19.1 Å². The summed E-state index contributed by atoms with van der Waals surface area (Å²) in [6.07, 6.45) is 1.67. The van der Waals surface area contributed by atoms with Crippen LogP contribution in [0.1, 0.15) is 28.4 Å². The second-order valence-corrected chi connectivity index (χ2v) is 8.92. The topological polar surface area (TPSA) is 68.2 Å². The minimum Gasteiger partial charge on any atom is -0.508 e. The highest BCUT2D eigenvalue weighted by molar-refractivity contribution is 5.68. The van der Waals surface area contributed by atoms with Crippen molar-refractivity contribution in [2.75, 3.05) is 26.4 Å². The summed E-state index contributed by atoms with van der Waals surface area (Å²) in [5.74, 6) is 0.949. The summed E-state index contributed by atoms with van der Waals surface area (Å²) in [6.45, 7) is 2.53. The minimum absolute atomic E-state index is 0.229. The van der Waals surface area contributed by atoms with E-state index in [1.165, 1.54) is 0 Å². The molecule has 0 saturated carbocycles. The zero-order chi connectivity index (χ0) is 26.4. The zero-order valence-electron chi connectivity index (χ0n) is 21.4. The van der Waals surface area contributed by atoms with Gasteiger partial charge in [0.15, 0.2) is 0 Å². The van der Waals surface area contributed by atoms with Gasteiger partial charge in [-0.1, -0.05) is 84.9 Å². The van der Waals surface area contributed by atoms with Crippen LogP contribution in [-0.2, 0) is 22.5 Å². The van der Waals surface area contributed by atoms with Crippen LogP contribution in [0.2, 0.25) is 0 Å². The van der Waals surface area contributed by atoms with Crippen LogP contribution in [-0.4, -0.2) is 36.6 Å². The molecule has 0 heterocycles. The van der Waals surface area contributed by atoms with E-state index in [1.807, 2.05) is 103 Å². The lowest BCUT2D eigenvalue weighted by atomic mass is 9.95. The Kier molecular flexibility index (Phi) is 10.5. The van der Waals surface area contributed by atoms with E-state index in [0.29, 0.717) is 39.5 Å². The summed E-state index contributed by atoms with van der Waals surface area (Å²) >= 11 is 0. The molecule has 0 bridgehead atoms. The van der Waals surface area contributed by atoms with Crippen molar-refractivity contribution in [3.63, 3.8) is 0 Å². The standard InChI is InChI=1S/C33H34O5/c34-31-13-7-10-27(23-31)22-30(28-11-5-2-6-12-28)24-33(35)29-14-16-32(17-15-29)38-21-20-36-18-19-37-25-26-8-3-1-4-9-26/h1-17,23-24,33-35H,18-22,25H2/b30-24-. The van der Waals surface area contributed by atoms with Crippen LogP contribution in [0, 0.1) is 0 Å². The van der Waals surface area contributed by atoms with E-state index in [9.17, 15) is 10.2 Å². The van der Waals surface area contributed by atoms with E-state index in [0.717, 1.165) is 33.6 Å². The molecule has 0 fully saturated rings. The van der Waals surface area contributed by atoms with E-state index in [2.05, 4.69) is 0 Å². The predicted molar refractivity (Wildman–Crippen MR) is 150 cm³/mol. The number of benzene rings is 4. The molecule has 0 saturated heterocycles. The fourth-order valence-corrected chi connectivity index (χ4v) is 4.05. The van der Waals surface area contributed by atoms with Crippen molar-refractivity contribution in [2.24, 2.45) is 0 Å². The van der Waals surface area contributed by atoms with Crippen LogP contribution in [0.5, 0.6) is 11.5 Å². The Morgan fingerprint density at radius 2 is 1.34 bits per heavy atom.